The van der Waals surface area contributed by atoms with Crippen LogP contribution in [0.3, 0.4) is 0 Å². The molecule has 1 amide bonds. The van der Waals surface area contributed by atoms with Crippen molar-refractivity contribution in [2.45, 2.75) is 25.7 Å². The van der Waals surface area contributed by atoms with Crippen LogP contribution in [0.25, 0.3) is 0 Å². The molecule has 1 aliphatic heterocycles. The van der Waals surface area contributed by atoms with E-state index in [0.717, 1.165) is 56.6 Å². The summed E-state index contributed by atoms with van der Waals surface area (Å²) in [6.07, 6.45) is 4.18. The topological polar surface area (TPSA) is 50.4 Å². The van der Waals surface area contributed by atoms with Crippen molar-refractivity contribution in [1.82, 2.24) is 5.32 Å². The number of benzene rings is 1. The van der Waals surface area contributed by atoms with E-state index in [1.165, 1.54) is 5.56 Å². The molecule has 0 aliphatic carbocycles. The maximum atomic E-state index is 12.0. The first kappa shape index (κ1) is 13.9. The Morgan fingerprint density at radius 2 is 2.26 bits per heavy atom. The Bertz CT molecular complexity index is 432. The third-order valence-electron chi connectivity index (χ3n) is 3.39. The van der Waals surface area contributed by atoms with E-state index >= 15 is 0 Å². The van der Waals surface area contributed by atoms with E-state index in [9.17, 15) is 4.79 Å². The molecule has 4 heteroatoms. The van der Waals surface area contributed by atoms with Gasteiger partial charge in [0.15, 0.2) is 0 Å². The standard InChI is InChI=1S/C15H22N2O2/c1-19-10-4-2-3-8-17-15(18)13-6-5-12-7-9-16-14(12)11-13/h5-6,11,16H,2-4,7-10H2,1H3,(H,17,18). The number of carbonyl (C=O) groups excluding carboxylic acids is 1. The van der Waals surface area contributed by atoms with Crippen molar-refractivity contribution in [3.8, 4) is 0 Å². The number of unbranched alkanes of at least 4 members (excludes halogenated alkanes) is 2. The van der Waals surface area contributed by atoms with E-state index in [1.807, 2.05) is 18.2 Å². The van der Waals surface area contributed by atoms with Crippen LogP contribution in [0.4, 0.5) is 5.69 Å². The Balaban J connectivity index is 1.74. The van der Waals surface area contributed by atoms with Crippen molar-refractivity contribution in [1.29, 1.82) is 0 Å². The predicted molar refractivity (Wildman–Crippen MR) is 76.7 cm³/mol. The summed E-state index contributed by atoms with van der Waals surface area (Å²) in [5.41, 5.74) is 3.15. The van der Waals surface area contributed by atoms with Crippen LogP contribution >= 0.6 is 0 Å². The normalized spacial score (nSPS) is 12.9. The van der Waals surface area contributed by atoms with Gasteiger partial charge in [-0.25, -0.2) is 0 Å². The van der Waals surface area contributed by atoms with Crippen LogP contribution < -0.4 is 10.6 Å². The number of rotatable bonds is 7. The monoisotopic (exact) mass is 262 g/mol. The molecular weight excluding hydrogens is 240 g/mol. The molecule has 0 atom stereocenters. The minimum absolute atomic E-state index is 0.0169. The first-order valence-electron chi connectivity index (χ1n) is 6.95. The maximum absolute atomic E-state index is 12.0. The highest BCUT2D eigenvalue weighted by molar-refractivity contribution is 5.95. The average Bonchev–Trinajstić information content (AvgIpc) is 2.89. The fraction of sp³-hybridized carbons (Fsp3) is 0.533. The number of methoxy groups -OCH3 is 1. The summed E-state index contributed by atoms with van der Waals surface area (Å²) < 4.78 is 4.99. The van der Waals surface area contributed by atoms with Gasteiger partial charge in [-0.1, -0.05) is 6.07 Å². The van der Waals surface area contributed by atoms with Crippen molar-refractivity contribution < 1.29 is 9.53 Å². The lowest BCUT2D eigenvalue weighted by atomic mass is 10.1. The fourth-order valence-corrected chi connectivity index (χ4v) is 2.28. The number of nitrogens with one attached hydrogen (secondary N) is 2. The molecule has 19 heavy (non-hydrogen) atoms. The van der Waals surface area contributed by atoms with E-state index in [0.29, 0.717) is 0 Å². The van der Waals surface area contributed by atoms with Crippen molar-refractivity contribution in [2.75, 3.05) is 32.1 Å². The minimum Gasteiger partial charge on any atom is -0.385 e. The molecule has 1 aromatic carbocycles. The lowest BCUT2D eigenvalue weighted by Gasteiger charge is -2.07. The smallest absolute Gasteiger partial charge is 0.251 e. The van der Waals surface area contributed by atoms with Crippen LogP contribution in [0, 0.1) is 0 Å². The van der Waals surface area contributed by atoms with Crippen LogP contribution in [0.1, 0.15) is 35.2 Å². The van der Waals surface area contributed by atoms with Crippen molar-refractivity contribution in [3.63, 3.8) is 0 Å². The molecule has 0 saturated heterocycles. The average molecular weight is 262 g/mol. The first-order chi connectivity index (χ1) is 9.31. The summed E-state index contributed by atoms with van der Waals surface area (Å²) in [4.78, 5) is 12.0. The molecule has 0 radical (unpaired) electrons. The number of hydrogen-bond acceptors (Lipinski definition) is 3. The molecule has 0 fully saturated rings. The second-order valence-electron chi connectivity index (χ2n) is 4.86. The zero-order chi connectivity index (χ0) is 13.5. The molecule has 1 heterocycles. The number of amides is 1. The third kappa shape index (κ3) is 3.96. The van der Waals surface area contributed by atoms with Gasteiger partial charge in [0.1, 0.15) is 0 Å². The highest BCUT2D eigenvalue weighted by atomic mass is 16.5. The van der Waals surface area contributed by atoms with E-state index in [2.05, 4.69) is 10.6 Å². The van der Waals surface area contributed by atoms with Crippen LogP contribution in [-0.4, -0.2) is 32.7 Å². The molecule has 0 unspecified atom stereocenters. The SMILES string of the molecule is COCCCCCNC(=O)c1ccc2c(c1)NCC2. The van der Waals surface area contributed by atoms with Gasteiger partial charge < -0.3 is 15.4 Å². The molecule has 1 aromatic rings. The van der Waals surface area contributed by atoms with Gasteiger partial charge in [0, 0.05) is 38.1 Å². The molecule has 0 saturated carbocycles. The molecule has 2 rings (SSSR count). The van der Waals surface area contributed by atoms with E-state index in [1.54, 1.807) is 7.11 Å². The Labute approximate surface area is 114 Å². The van der Waals surface area contributed by atoms with Gasteiger partial charge in [0.2, 0.25) is 0 Å². The number of fused-ring (bicyclic) bond motifs is 1. The summed E-state index contributed by atoms with van der Waals surface area (Å²) >= 11 is 0. The molecule has 0 spiro atoms. The van der Waals surface area contributed by atoms with Crippen LogP contribution in [0.15, 0.2) is 18.2 Å². The summed E-state index contributed by atoms with van der Waals surface area (Å²) in [7, 11) is 1.71. The third-order valence-corrected chi connectivity index (χ3v) is 3.39. The van der Waals surface area contributed by atoms with Gasteiger partial charge in [-0.05, 0) is 43.4 Å². The summed E-state index contributed by atoms with van der Waals surface area (Å²) in [5.74, 6) is 0.0169. The Morgan fingerprint density at radius 3 is 3.11 bits per heavy atom. The number of ether oxygens (including phenoxy) is 1. The maximum Gasteiger partial charge on any atom is 0.251 e. The highest BCUT2D eigenvalue weighted by Gasteiger charge is 2.12. The number of anilines is 1. The van der Waals surface area contributed by atoms with Gasteiger partial charge in [-0.2, -0.15) is 0 Å². The first-order valence-corrected chi connectivity index (χ1v) is 6.95. The molecular formula is C15H22N2O2. The number of carbonyl (C=O) groups is 1. The van der Waals surface area contributed by atoms with Crippen molar-refractivity contribution in [2.24, 2.45) is 0 Å². The Hall–Kier alpha value is -1.55. The Morgan fingerprint density at radius 1 is 1.37 bits per heavy atom. The minimum atomic E-state index is 0.0169. The Kier molecular flexibility index (Phi) is 5.21. The fourth-order valence-electron chi connectivity index (χ4n) is 2.28. The molecule has 0 bridgehead atoms. The second kappa shape index (κ2) is 7.14. The van der Waals surface area contributed by atoms with Gasteiger partial charge in [-0.3, -0.25) is 4.79 Å². The van der Waals surface area contributed by atoms with Crippen LogP contribution in [0.5, 0.6) is 0 Å². The van der Waals surface area contributed by atoms with Gasteiger partial charge in [0.05, 0.1) is 0 Å². The molecule has 104 valence electrons. The van der Waals surface area contributed by atoms with E-state index in [4.69, 9.17) is 4.74 Å². The highest BCUT2D eigenvalue weighted by Crippen LogP contribution is 2.23. The molecule has 4 nitrogen and oxygen atoms in total. The van der Waals surface area contributed by atoms with Crippen molar-refractivity contribution in [3.05, 3.63) is 29.3 Å². The lowest BCUT2D eigenvalue weighted by Crippen LogP contribution is -2.24. The molecule has 2 N–H and O–H groups in total. The quantitative estimate of drug-likeness (QED) is 0.741. The second-order valence-corrected chi connectivity index (χ2v) is 4.86. The molecule has 1 aliphatic rings. The zero-order valence-corrected chi connectivity index (χ0v) is 11.5. The van der Waals surface area contributed by atoms with E-state index < -0.39 is 0 Å². The van der Waals surface area contributed by atoms with Gasteiger partial charge in [-0.15, -0.1) is 0 Å². The lowest BCUT2D eigenvalue weighted by molar-refractivity contribution is 0.0952. The molecule has 0 aromatic heterocycles. The van der Waals surface area contributed by atoms with Crippen LogP contribution in [-0.2, 0) is 11.2 Å². The van der Waals surface area contributed by atoms with Crippen LogP contribution in [0.2, 0.25) is 0 Å². The van der Waals surface area contributed by atoms with Gasteiger partial charge in [0.25, 0.3) is 5.91 Å². The largest absolute Gasteiger partial charge is 0.385 e. The predicted octanol–water partition coefficient (Wildman–Crippen LogP) is 2.20. The van der Waals surface area contributed by atoms with E-state index in [-0.39, 0.29) is 5.91 Å². The summed E-state index contributed by atoms with van der Waals surface area (Å²) in [5, 5.41) is 6.25. The zero-order valence-electron chi connectivity index (χ0n) is 11.5. The summed E-state index contributed by atoms with van der Waals surface area (Å²) in [6, 6.07) is 5.90. The van der Waals surface area contributed by atoms with Crippen molar-refractivity contribution >= 4 is 11.6 Å². The van der Waals surface area contributed by atoms with Gasteiger partial charge >= 0.3 is 0 Å². The summed E-state index contributed by atoms with van der Waals surface area (Å²) in [6.45, 7) is 2.50. The number of hydrogen-bond donors (Lipinski definition) is 2.